The van der Waals surface area contributed by atoms with Crippen molar-refractivity contribution in [1.29, 1.82) is 0 Å². The fourth-order valence-corrected chi connectivity index (χ4v) is 4.74. The van der Waals surface area contributed by atoms with Crippen LogP contribution in [-0.2, 0) is 0 Å². The van der Waals surface area contributed by atoms with Crippen LogP contribution in [0.1, 0.15) is 85.5 Å². The zero-order valence-electron chi connectivity index (χ0n) is 14.5. The highest BCUT2D eigenvalue weighted by Crippen LogP contribution is 2.55. The fraction of sp³-hybridized carbons (Fsp3) is 1.00. The Balaban J connectivity index is 0.000000704. The van der Waals surface area contributed by atoms with Crippen molar-refractivity contribution < 1.29 is 0 Å². The predicted octanol–water partition coefficient (Wildman–Crippen LogP) is 5.49. The average Bonchev–Trinajstić information content (AvgIpc) is 2.48. The normalized spacial score (nSPS) is 28.1. The van der Waals surface area contributed by atoms with Gasteiger partial charge in [-0.2, -0.15) is 0 Å². The lowest BCUT2D eigenvalue weighted by molar-refractivity contribution is -0.0429. The Kier molecular flexibility index (Phi) is 5.95. The number of hydrogen-bond donors (Lipinski definition) is 0. The molecule has 0 unspecified atom stereocenters. The first-order valence-electron chi connectivity index (χ1n) is 9.43. The number of hydrogen-bond acceptors (Lipinski definition) is 1. The third-order valence-electron chi connectivity index (χ3n) is 6.28. The Morgan fingerprint density at radius 1 is 0.900 bits per heavy atom. The smallest absolute Gasteiger partial charge is 0.00952 e. The van der Waals surface area contributed by atoms with Crippen LogP contribution in [0.3, 0.4) is 0 Å². The Morgan fingerprint density at radius 3 is 1.95 bits per heavy atom. The largest absolute Gasteiger partial charge is 0.300 e. The number of piperidine rings is 1. The molecule has 3 rings (SSSR count). The van der Waals surface area contributed by atoms with Crippen LogP contribution in [0.4, 0.5) is 0 Å². The van der Waals surface area contributed by atoms with Gasteiger partial charge in [-0.1, -0.05) is 47.0 Å². The van der Waals surface area contributed by atoms with Gasteiger partial charge in [0.15, 0.2) is 0 Å². The van der Waals surface area contributed by atoms with Crippen LogP contribution in [0.25, 0.3) is 0 Å². The van der Waals surface area contributed by atoms with E-state index in [1.165, 1.54) is 58.0 Å². The summed E-state index contributed by atoms with van der Waals surface area (Å²) in [5.74, 6) is 1.97. The van der Waals surface area contributed by atoms with Crippen molar-refractivity contribution in [3.05, 3.63) is 0 Å². The van der Waals surface area contributed by atoms with E-state index in [1.807, 2.05) is 13.8 Å². The highest BCUT2D eigenvalue weighted by atomic mass is 15.2. The monoisotopic (exact) mass is 279 g/mol. The van der Waals surface area contributed by atoms with Crippen LogP contribution >= 0.6 is 0 Å². The molecule has 0 atom stereocenters. The molecule has 118 valence electrons. The summed E-state index contributed by atoms with van der Waals surface area (Å²) >= 11 is 0. The molecule has 0 amide bonds. The average molecular weight is 280 g/mol. The van der Waals surface area contributed by atoms with E-state index in [0.29, 0.717) is 0 Å². The van der Waals surface area contributed by atoms with Crippen LogP contribution in [0, 0.1) is 17.3 Å². The van der Waals surface area contributed by atoms with E-state index in [1.54, 1.807) is 12.8 Å². The molecule has 1 aliphatic heterocycles. The molecular formula is C19H37N. The second-order valence-corrected chi connectivity index (χ2v) is 7.74. The van der Waals surface area contributed by atoms with Crippen LogP contribution < -0.4 is 0 Å². The van der Waals surface area contributed by atoms with E-state index in [2.05, 4.69) is 18.7 Å². The van der Waals surface area contributed by atoms with Gasteiger partial charge in [0, 0.05) is 6.04 Å². The van der Waals surface area contributed by atoms with Gasteiger partial charge in [0.05, 0.1) is 0 Å². The molecular weight excluding hydrogens is 242 g/mol. The maximum Gasteiger partial charge on any atom is 0.00952 e. The second kappa shape index (κ2) is 7.29. The summed E-state index contributed by atoms with van der Waals surface area (Å²) in [6.07, 6.45) is 13.5. The van der Waals surface area contributed by atoms with E-state index < -0.39 is 0 Å². The summed E-state index contributed by atoms with van der Waals surface area (Å²) in [7, 11) is 0. The fourth-order valence-electron chi connectivity index (χ4n) is 4.74. The summed E-state index contributed by atoms with van der Waals surface area (Å²) in [6.45, 7) is 11.6. The molecule has 3 aliphatic rings. The lowest BCUT2D eigenvalue weighted by atomic mass is 9.55. The molecule has 1 heteroatoms. The number of nitrogens with zero attached hydrogens (tertiary/aromatic N) is 1. The van der Waals surface area contributed by atoms with Crippen molar-refractivity contribution in [2.45, 2.75) is 91.5 Å². The Bertz CT molecular complexity index is 261. The molecule has 1 spiro atoms. The van der Waals surface area contributed by atoms with E-state index in [0.717, 1.165) is 23.3 Å². The molecule has 0 aromatic heterocycles. The molecule has 2 saturated carbocycles. The Morgan fingerprint density at radius 2 is 1.45 bits per heavy atom. The van der Waals surface area contributed by atoms with Gasteiger partial charge in [0.1, 0.15) is 0 Å². The molecule has 0 bridgehead atoms. The van der Waals surface area contributed by atoms with Crippen LogP contribution in [0.15, 0.2) is 0 Å². The number of rotatable bonds is 2. The first kappa shape index (κ1) is 16.3. The Labute approximate surface area is 127 Å². The molecule has 20 heavy (non-hydrogen) atoms. The van der Waals surface area contributed by atoms with Gasteiger partial charge in [-0.3, -0.25) is 0 Å². The van der Waals surface area contributed by atoms with Gasteiger partial charge in [-0.15, -0.1) is 0 Å². The number of likely N-dealkylation sites (tertiary alicyclic amines) is 1. The highest BCUT2D eigenvalue weighted by Gasteiger charge is 2.46. The zero-order valence-corrected chi connectivity index (χ0v) is 14.5. The topological polar surface area (TPSA) is 3.24 Å². The van der Waals surface area contributed by atoms with Crippen molar-refractivity contribution >= 4 is 0 Å². The molecule has 1 heterocycles. The van der Waals surface area contributed by atoms with Gasteiger partial charge in [-0.05, 0) is 68.9 Å². The molecule has 1 saturated heterocycles. The minimum absolute atomic E-state index is 0.792. The quantitative estimate of drug-likeness (QED) is 0.645. The third-order valence-corrected chi connectivity index (χ3v) is 6.28. The van der Waals surface area contributed by atoms with E-state index in [4.69, 9.17) is 0 Å². The van der Waals surface area contributed by atoms with Crippen molar-refractivity contribution in [3.63, 3.8) is 0 Å². The molecule has 0 N–H and O–H groups in total. The molecule has 1 nitrogen and oxygen atoms in total. The minimum atomic E-state index is 0.792. The van der Waals surface area contributed by atoms with Crippen molar-refractivity contribution in [2.24, 2.45) is 17.3 Å². The van der Waals surface area contributed by atoms with Crippen LogP contribution in [0.2, 0.25) is 0 Å². The molecule has 0 aromatic carbocycles. The van der Waals surface area contributed by atoms with Gasteiger partial charge in [-0.25, -0.2) is 0 Å². The third kappa shape index (κ3) is 3.59. The molecule has 0 aromatic rings. The first-order valence-corrected chi connectivity index (χ1v) is 9.43. The molecule has 3 fully saturated rings. The summed E-state index contributed by atoms with van der Waals surface area (Å²) < 4.78 is 0. The lowest BCUT2D eigenvalue weighted by Gasteiger charge is -2.55. The molecule has 2 aliphatic carbocycles. The molecule has 0 radical (unpaired) electrons. The minimum Gasteiger partial charge on any atom is -0.300 e. The van der Waals surface area contributed by atoms with Gasteiger partial charge in [0.25, 0.3) is 0 Å². The SMILES string of the molecule is CC.CC(C)C1CC2(CCN(C3CCCCC3)CC2)C1. The van der Waals surface area contributed by atoms with E-state index in [-0.39, 0.29) is 0 Å². The van der Waals surface area contributed by atoms with Gasteiger partial charge < -0.3 is 4.90 Å². The summed E-state index contributed by atoms with van der Waals surface area (Å²) in [4.78, 5) is 2.84. The zero-order chi connectivity index (χ0) is 14.6. The van der Waals surface area contributed by atoms with Crippen LogP contribution in [-0.4, -0.2) is 24.0 Å². The highest BCUT2D eigenvalue weighted by molar-refractivity contribution is 4.98. The van der Waals surface area contributed by atoms with Crippen molar-refractivity contribution in [3.8, 4) is 0 Å². The lowest BCUT2D eigenvalue weighted by Crippen LogP contribution is -2.51. The summed E-state index contributed by atoms with van der Waals surface area (Å²) in [5.41, 5.74) is 0.792. The Hall–Kier alpha value is -0.0400. The summed E-state index contributed by atoms with van der Waals surface area (Å²) in [5, 5.41) is 0. The van der Waals surface area contributed by atoms with Crippen molar-refractivity contribution in [2.75, 3.05) is 13.1 Å². The van der Waals surface area contributed by atoms with Crippen LogP contribution in [0.5, 0.6) is 0 Å². The predicted molar refractivity (Wildman–Crippen MR) is 89.0 cm³/mol. The maximum absolute atomic E-state index is 2.84. The van der Waals surface area contributed by atoms with Gasteiger partial charge >= 0.3 is 0 Å². The maximum atomic E-state index is 2.84. The van der Waals surface area contributed by atoms with Gasteiger partial charge in [0.2, 0.25) is 0 Å². The standard InChI is InChI=1S/C17H31N.C2H6/c1-14(2)15-12-17(13-15)8-10-18(11-9-17)16-6-4-3-5-7-16;1-2/h14-16H,3-13H2,1-2H3;1-2H3. The van der Waals surface area contributed by atoms with E-state index >= 15 is 0 Å². The first-order chi connectivity index (χ1) is 9.69. The van der Waals surface area contributed by atoms with E-state index in [9.17, 15) is 0 Å². The van der Waals surface area contributed by atoms with Crippen molar-refractivity contribution in [1.82, 2.24) is 4.90 Å². The summed E-state index contributed by atoms with van der Waals surface area (Å²) in [6, 6.07) is 0.956. The second-order valence-electron chi connectivity index (χ2n) is 7.74.